The number of carbonyl (C=O) groups is 1. The lowest BCUT2D eigenvalue weighted by atomic mass is 10.1. The monoisotopic (exact) mass is 338 g/mol. The SMILES string of the molecule is Cc1ccoc1C(=O)N1Cc2cncn2[C@H](COc2ccccn2)C1. The van der Waals surface area contributed by atoms with E-state index in [0.717, 1.165) is 11.3 Å². The summed E-state index contributed by atoms with van der Waals surface area (Å²) in [6, 6.07) is 7.29. The molecule has 3 aromatic heterocycles. The van der Waals surface area contributed by atoms with Crippen LogP contribution in [0.15, 0.2) is 53.7 Å². The van der Waals surface area contributed by atoms with E-state index in [0.29, 0.717) is 31.3 Å². The average Bonchev–Trinajstić information content (AvgIpc) is 3.28. The molecule has 0 radical (unpaired) electrons. The summed E-state index contributed by atoms with van der Waals surface area (Å²) in [4.78, 5) is 22.9. The molecular weight excluding hydrogens is 320 g/mol. The first-order valence-electron chi connectivity index (χ1n) is 8.10. The number of amides is 1. The minimum Gasteiger partial charge on any atom is -0.475 e. The number of pyridine rings is 1. The normalized spacial score (nSPS) is 16.5. The van der Waals surface area contributed by atoms with Crippen molar-refractivity contribution in [3.8, 4) is 5.88 Å². The number of furan rings is 1. The summed E-state index contributed by atoms with van der Waals surface area (Å²) in [6.45, 7) is 3.29. The van der Waals surface area contributed by atoms with Crippen LogP contribution < -0.4 is 4.74 Å². The van der Waals surface area contributed by atoms with Crippen molar-refractivity contribution in [1.29, 1.82) is 0 Å². The number of imidazole rings is 1. The molecule has 4 rings (SSSR count). The maximum atomic E-state index is 12.8. The molecule has 0 spiro atoms. The Balaban J connectivity index is 1.53. The van der Waals surface area contributed by atoms with Gasteiger partial charge in [0.15, 0.2) is 5.76 Å². The van der Waals surface area contributed by atoms with Crippen LogP contribution >= 0.6 is 0 Å². The first kappa shape index (κ1) is 15.4. The van der Waals surface area contributed by atoms with Crippen LogP contribution in [0.3, 0.4) is 0 Å². The number of hydrogen-bond donors (Lipinski definition) is 0. The number of ether oxygens (including phenoxy) is 1. The Bertz CT molecular complexity index is 871. The lowest BCUT2D eigenvalue weighted by Crippen LogP contribution is -2.42. The van der Waals surface area contributed by atoms with Gasteiger partial charge in [-0.2, -0.15) is 0 Å². The summed E-state index contributed by atoms with van der Waals surface area (Å²) in [6.07, 6.45) is 6.79. The van der Waals surface area contributed by atoms with Gasteiger partial charge in [-0.05, 0) is 19.1 Å². The van der Waals surface area contributed by atoms with Gasteiger partial charge in [-0.1, -0.05) is 6.07 Å². The quantitative estimate of drug-likeness (QED) is 0.730. The van der Waals surface area contributed by atoms with Crippen LogP contribution in [-0.4, -0.2) is 38.5 Å². The molecule has 1 atom stereocenters. The molecule has 0 saturated heterocycles. The lowest BCUT2D eigenvalue weighted by molar-refractivity contribution is 0.0613. The van der Waals surface area contributed by atoms with E-state index in [1.54, 1.807) is 36.0 Å². The smallest absolute Gasteiger partial charge is 0.290 e. The molecule has 7 heteroatoms. The van der Waals surface area contributed by atoms with Crippen LogP contribution in [0.4, 0.5) is 0 Å². The molecule has 7 nitrogen and oxygen atoms in total. The molecule has 0 aliphatic carbocycles. The molecule has 0 saturated carbocycles. The molecule has 1 aliphatic heterocycles. The third-order valence-electron chi connectivity index (χ3n) is 4.33. The molecular formula is C18H18N4O3. The van der Waals surface area contributed by atoms with Crippen LogP contribution in [0.25, 0.3) is 0 Å². The van der Waals surface area contributed by atoms with E-state index in [2.05, 4.69) is 14.5 Å². The Hall–Kier alpha value is -3.09. The van der Waals surface area contributed by atoms with Crippen molar-refractivity contribution in [2.24, 2.45) is 0 Å². The third-order valence-corrected chi connectivity index (χ3v) is 4.33. The highest BCUT2D eigenvalue weighted by atomic mass is 16.5. The third kappa shape index (κ3) is 3.00. The molecule has 0 fully saturated rings. The van der Waals surface area contributed by atoms with Gasteiger partial charge in [-0.3, -0.25) is 4.79 Å². The zero-order valence-corrected chi connectivity index (χ0v) is 13.8. The van der Waals surface area contributed by atoms with Gasteiger partial charge in [0.1, 0.15) is 6.61 Å². The van der Waals surface area contributed by atoms with Gasteiger partial charge < -0.3 is 18.6 Å². The molecule has 128 valence electrons. The van der Waals surface area contributed by atoms with E-state index in [9.17, 15) is 4.79 Å². The molecule has 0 unspecified atom stereocenters. The predicted molar refractivity (Wildman–Crippen MR) is 89.2 cm³/mol. The van der Waals surface area contributed by atoms with E-state index in [4.69, 9.17) is 9.15 Å². The highest BCUT2D eigenvalue weighted by Crippen LogP contribution is 2.24. The number of rotatable bonds is 4. The topological polar surface area (TPSA) is 73.4 Å². The summed E-state index contributed by atoms with van der Waals surface area (Å²) >= 11 is 0. The van der Waals surface area contributed by atoms with Gasteiger partial charge >= 0.3 is 0 Å². The Labute approximate surface area is 144 Å². The Kier molecular flexibility index (Phi) is 3.97. The molecule has 3 aromatic rings. The highest BCUT2D eigenvalue weighted by Gasteiger charge is 2.30. The van der Waals surface area contributed by atoms with Crippen molar-refractivity contribution in [1.82, 2.24) is 19.4 Å². The summed E-state index contributed by atoms with van der Waals surface area (Å²) < 4.78 is 13.2. The van der Waals surface area contributed by atoms with Crippen molar-refractivity contribution in [2.75, 3.05) is 13.2 Å². The zero-order valence-electron chi connectivity index (χ0n) is 13.8. The summed E-state index contributed by atoms with van der Waals surface area (Å²) in [5.41, 5.74) is 1.81. The molecule has 1 amide bonds. The first-order valence-corrected chi connectivity index (χ1v) is 8.10. The van der Waals surface area contributed by atoms with Crippen molar-refractivity contribution in [3.63, 3.8) is 0 Å². The van der Waals surface area contributed by atoms with Gasteiger partial charge in [0.05, 0.1) is 30.9 Å². The standard InChI is InChI=1S/C18H18N4O3/c1-13-5-7-24-17(13)18(23)21-9-14-8-19-12-22(14)15(10-21)11-25-16-4-2-3-6-20-16/h2-8,12,15H,9-11H2,1H3/t15-/m0/s1. The molecule has 0 aromatic carbocycles. The van der Waals surface area contributed by atoms with Crippen molar-refractivity contribution >= 4 is 5.91 Å². The Morgan fingerprint density at radius 3 is 3.08 bits per heavy atom. The fourth-order valence-electron chi connectivity index (χ4n) is 3.02. The second-order valence-corrected chi connectivity index (χ2v) is 6.04. The van der Waals surface area contributed by atoms with E-state index in [1.165, 1.54) is 0 Å². The fraction of sp³-hybridized carbons (Fsp3) is 0.278. The zero-order chi connectivity index (χ0) is 17.2. The van der Waals surface area contributed by atoms with Crippen molar-refractivity contribution in [3.05, 3.63) is 66.3 Å². The fourth-order valence-corrected chi connectivity index (χ4v) is 3.02. The largest absolute Gasteiger partial charge is 0.475 e. The van der Waals surface area contributed by atoms with Crippen molar-refractivity contribution in [2.45, 2.75) is 19.5 Å². The molecule has 4 heterocycles. The summed E-state index contributed by atoms with van der Waals surface area (Å²) in [5.74, 6) is 0.838. The number of carbonyl (C=O) groups excluding carboxylic acids is 1. The van der Waals surface area contributed by atoms with Crippen LogP contribution in [0.5, 0.6) is 5.88 Å². The summed E-state index contributed by atoms with van der Waals surface area (Å²) in [5, 5.41) is 0. The Morgan fingerprint density at radius 1 is 1.40 bits per heavy atom. The van der Waals surface area contributed by atoms with Gasteiger partial charge in [-0.15, -0.1) is 0 Å². The van der Waals surface area contributed by atoms with E-state index in [1.807, 2.05) is 25.1 Å². The minimum atomic E-state index is -0.113. The Morgan fingerprint density at radius 2 is 2.32 bits per heavy atom. The second-order valence-electron chi connectivity index (χ2n) is 6.04. The molecule has 0 bridgehead atoms. The molecule has 0 N–H and O–H groups in total. The molecule has 1 aliphatic rings. The van der Waals surface area contributed by atoms with Gasteiger partial charge in [-0.25, -0.2) is 9.97 Å². The molecule has 25 heavy (non-hydrogen) atoms. The van der Waals surface area contributed by atoms with Crippen molar-refractivity contribution < 1.29 is 13.9 Å². The maximum Gasteiger partial charge on any atom is 0.290 e. The average molecular weight is 338 g/mol. The van der Waals surface area contributed by atoms with E-state index in [-0.39, 0.29) is 11.9 Å². The van der Waals surface area contributed by atoms with Gasteiger partial charge in [0.25, 0.3) is 5.91 Å². The van der Waals surface area contributed by atoms with Crippen LogP contribution in [0, 0.1) is 6.92 Å². The first-order chi connectivity index (χ1) is 12.2. The maximum absolute atomic E-state index is 12.8. The van der Waals surface area contributed by atoms with E-state index < -0.39 is 0 Å². The number of nitrogens with zero attached hydrogens (tertiary/aromatic N) is 4. The highest BCUT2D eigenvalue weighted by molar-refractivity contribution is 5.92. The number of hydrogen-bond acceptors (Lipinski definition) is 5. The van der Waals surface area contributed by atoms with Gasteiger partial charge in [0.2, 0.25) is 5.88 Å². The number of fused-ring (bicyclic) bond motifs is 1. The van der Waals surface area contributed by atoms with E-state index >= 15 is 0 Å². The van der Waals surface area contributed by atoms with Crippen LogP contribution in [-0.2, 0) is 6.54 Å². The minimum absolute atomic E-state index is 0.0347. The van der Waals surface area contributed by atoms with Crippen LogP contribution in [0.1, 0.15) is 27.9 Å². The summed E-state index contributed by atoms with van der Waals surface area (Å²) in [7, 11) is 0. The predicted octanol–water partition coefficient (Wildman–Crippen LogP) is 2.46. The number of aryl methyl sites for hydroxylation is 1. The lowest BCUT2D eigenvalue weighted by Gasteiger charge is -2.33. The number of aromatic nitrogens is 3. The second kappa shape index (κ2) is 6.43. The van der Waals surface area contributed by atoms with Crippen LogP contribution in [0.2, 0.25) is 0 Å². The van der Waals surface area contributed by atoms with Gasteiger partial charge in [0, 0.05) is 30.6 Å².